The van der Waals surface area contributed by atoms with E-state index >= 15 is 4.39 Å². The highest BCUT2D eigenvalue weighted by atomic mass is 19.2. The third kappa shape index (κ3) is 3.80. The molecule has 1 amide bonds. The summed E-state index contributed by atoms with van der Waals surface area (Å²) in [6.07, 6.45) is 4.84. The van der Waals surface area contributed by atoms with Crippen molar-refractivity contribution in [2.24, 2.45) is 5.92 Å². The number of rotatable bonds is 2. The Kier molecular flexibility index (Phi) is 5.99. The van der Waals surface area contributed by atoms with Crippen LogP contribution in [-0.4, -0.2) is 39.9 Å². The van der Waals surface area contributed by atoms with Gasteiger partial charge < -0.3 is 14.7 Å². The van der Waals surface area contributed by atoms with Gasteiger partial charge in [0.2, 0.25) is 11.2 Å². The Morgan fingerprint density at radius 2 is 1.81 bits per heavy atom. The molecule has 0 radical (unpaired) electrons. The zero-order chi connectivity index (χ0) is 25.6. The lowest BCUT2D eigenvalue weighted by molar-refractivity contribution is 0.0588. The SMILES string of the molecule is CC(C)[C@H]1/C=C/COc2c(ccc(F)c2F)[C@@H](c2ccccc2)N2CN1C(=O)c1c(O)c(=O)ccn12. The molecule has 36 heavy (non-hydrogen) atoms. The molecule has 5 rings (SSSR count). The Hall–Kier alpha value is -4.14. The second kappa shape index (κ2) is 9.14. The first-order chi connectivity index (χ1) is 17.3. The van der Waals surface area contributed by atoms with Crippen molar-refractivity contribution >= 4 is 5.91 Å². The van der Waals surface area contributed by atoms with Gasteiger partial charge in [-0.2, -0.15) is 4.39 Å². The van der Waals surface area contributed by atoms with Crippen molar-refractivity contribution in [3.63, 3.8) is 0 Å². The smallest absolute Gasteiger partial charge is 0.278 e. The maximum absolute atomic E-state index is 15.1. The van der Waals surface area contributed by atoms with Gasteiger partial charge >= 0.3 is 0 Å². The van der Waals surface area contributed by atoms with E-state index in [2.05, 4.69) is 0 Å². The van der Waals surface area contributed by atoms with E-state index in [-0.39, 0.29) is 30.6 Å². The van der Waals surface area contributed by atoms with Gasteiger partial charge in [0.25, 0.3) is 5.91 Å². The first-order valence-electron chi connectivity index (χ1n) is 11.6. The van der Waals surface area contributed by atoms with E-state index in [0.717, 1.165) is 12.1 Å². The number of nitrogens with zero attached hydrogens (tertiary/aromatic N) is 3. The Morgan fingerprint density at radius 1 is 1.06 bits per heavy atom. The van der Waals surface area contributed by atoms with Crippen molar-refractivity contribution in [3.8, 4) is 11.5 Å². The molecule has 0 saturated carbocycles. The number of aromatic hydroxyl groups is 1. The molecule has 3 heterocycles. The summed E-state index contributed by atoms with van der Waals surface area (Å²) in [4.78, 5) is 27.6. The molecule has 2 atom stereocenters. The van der Waals surface area contributed by atoms with E-state index in [9.17, 15) is 19.1 Å². The van der Waals surface area contributed by atoms with Crippen molar-refractivity contribution in [1.82, 2.24) is 9.58 Å². The van der Waals surface area contributed by atoms with Crippen LogP contribution in [0.2, 0.25) is 0 Å². The van der Waals surface area contributed by atoms with Crippen LogP contribution in [0.4, 0.5) is 8.78 Å². The fraction of sp³-hybridized carbons (Fsp3) is 0.259. The largest absolute Gasteiger partial charge is 0.502 e. The molecule has 0 saturated heterocycles. The van der Waals surface area contributed by atoms with E-state index in [0.29, 0.717) is 11.1 Å². The predicted octanol–water partition coefficient (Wildman–Crippen LogP) is 3.95. The number of hydrogen-bond donors (Lipinski definition) is 1. The van der Waals surface area contributed by atoms with Crippen LogP contribution < -0.4 is 15.2 Å². The quantitative estimate of drug-likeness (QED) is 0.548. The standard InChI is InChI=1S/C27H25F2N3O4/c1-16(2)20-9-6-14-36-26-18(10-11-19(28)22(26)29)23(17-7-4-3-5-8-17)32-15-30(20)27(35)24-25(34)21(33)12-13-31(24)32/h3-13,16,20,23,34H,14-15H2,1-2H3/b9-6+/t20-,23-/m1/s1. The molecule has 2 aromatic carbocycles. The summed E-state index contributed by atoms with van der Waals surface area (Å²) in [5, 5.41) is 12.4. The summed E-state index contributed by atoms with van der Waals surface area (Å²) in [5.74, 6) is -3.63. The molecule has 7 nitrogen and oxygen atoms in total. The average Bonchev–Trinajstić information content (AvgIpc) is 2.89. The van der Waals surface area contributed by atoms with E-state index in [4.69, 9.17) is 4.74 Å². The number of aromatic nitrogens is 1. The number of benzene rings is 2. The molecule has 0 aliphatic carbocycles. The van der Waals surface area contributed by atoms with Gasteiger partial charge in [0.05, 0.1) is 6.04 Å². The van der Waals surface area contributed by atoms with Crippen LogP contribution in [-0.2, 0) is 0 Å². The van der Waals surface area contributed by atoms with Crippen molar-refractivity contribution in [2.45, 2.75) is 25.9 Å². The van der Waals surface area contributed by atoms with Gasteiger partial charge in [-0.15, -0.1) is 0 Å². The molecular formula is C27H25F2N3O4. The Balaban J connectivity index is 1.85. The fourth-order valence-corrected chi connectivity index (χ4v) is 4.86. The van der Waals surface area contributed by atoms with Crippen LogP contribution >= 0.6 is 0 Å². The van der Waals surface area contributed by atoms with Gasteiger partial charge in [-0.1, -0.05) is 50.3 Å². The lowest BCUT2D eigenvalue weighted by Crippen LogP contribution is -2.58. The maximum atomic E-state index is 15.1. The minimum atomic E-state index is -1.12. The van der Waals surface area contributed by atoms with Crippen LogP contribution in [0.25, 0.3) is 0 Å². The lowest BCUT2D eigenvalue weighted by atomic mass is 9.96. The summed E-state index contributed by atoms with van der Waals surface area (Å²) < 4.78 is 36.6. The number of hydrogen-bond acceptors (Lipinski definition) is 5. The van der Waals surface area contributed by atoms with Crippen LogP contribution in [0.15, 0.2) is 71.7 Å². The molecule has 9 heteroatoms. The minimum absolute atomic E-state index is 0.0383. The Bertz CT molecular complexity index is 1400. The molecule has 2 aliphatic rings. The Labute approximate surface area is 206 Å². The van der Waals surface area contributed by atoms with E-state index < -0.39 is 40.8 Å². The molecular weight excluding hydrogens is 468 g/mol. The van der Waals surface area contributed by atoms with Gasteiger partial charge in [-0.05, 0) is 29.7 Å². The van der Waals surface area contributed by atoms with Gasteiger partial charge in [-0.25, -0.2) is 4.39 Å². The van der Waals surface area contributed by atoms with E-state index in [1.165, 1.54) is 16.9 Å². The third-order valence-corrected chi connectivity index (χ3v) is 6.58. The van der Waals surface area contributed by atoms with E-state index in [1.54, 1.807) is 22.1 Å². The van der Waals surface area contributed by atoms with Gasteiger partial charge in [-0.3, -0.25) is 19.3 Å². The number of pyridine rings is 1. The number of carbonyl (C=O) groups is 1. The van der Waals surface area contributed by atoms with Gasteiger partial charge in [0, 0.05) is 17.8 Å². The highest BCUT2D eigenvalue weighted by molar-refractivity contribution is 5.96. The van der Waals surface area contributed by atoms with Crippen molar-refractivity contribution in [1.29, 1.82) is 0 Å². The second-order valence-electron chi connectivity index (χ2n) is 9.14. The summed E-state index contributed by atoms with van der Waals surface area (Å²) in [7, 11) is 0. The number of ether oxygens (including phenoxy) is 1. The van der Waals surface area contributed by atoms with Crippen LogP contribution in [0.1, 0.15) is 41.5 Å². The first-order valence-corrected chi connectivity index (χ1v) is 11.6. The number of halogens is 2. The van der Waals surface area contributed by atoms with Gasteiger partial charge in [0.15, 0.2) is 23.0 Å². The summed E-state index contributed by atoms with van der Waals surface area (Å²) >= 11 is 0. The average molecular weight is 494 g/mol. The molecule has 0 unspecified atom stereocenters. The zero-order valence-corrected chi connectivity index (χ0v) is 19.8. The highest BCUT2D eigenvalue weighted by Crippen LogP contribution is 2.39. The molecule has 1 aromatic heterocycles. The molecule has 1 N–H and O–H groups in total. The minimum Gasteiger partial charge on any atom is -0.502 e. The summed E-state index contributed by atoms with van der Waals surface area (Å²) in [6, 6.07) is 11.6. The van der Waals surface area contributed by atoms with Crippen LogP contribution in [0.5, 0.6) is 11.5 Å². The molecule has 0 spiro atoms. The first kappa shape index (κ1) is 23.6. The van der Waals surface area contributed by atoms with Crippen LogP contribution in [0, 0.1) is 17.6 Å². The Morgan fingerprint density at radius 3 is 2.53 bits per heavy atom. The number of fused-ring (bicyclic) bond motifs is 5. The highest BCUT2D eigenvalue weighted by Gasteiger charge is 2.40. The summed E-state index contributed by atoms with van der Waals surface area (Å²) in [5.41, 5.74) is 0.151. The predicted molar refractivity (Wildman–Crippen MR) is 130 cm³/mol. The lowest BCUT2D eigenvalue weighted by Gasteiger charge is -2.46. The second-order valence-corrected chi connectivity index (χ2v) is 9.14. The number of amides is 1. The van der Waals surface area contributed by atoms with Crippen molar-refractivity contribution in [2.75, 3.05) is 18.3 Å². The van der Waals surface area contributed by atoms with Crippen LogP contribution in [0.3, 0.4) is 0 Å². The van der Waals surface area contributed by atoms with Gasteiger partial charge in [0.1, 0.15) is 19.3 Å². The normalized spacial score (nSPS) is 20.3. The summed E-state index contributed by atoms with van der Waals surface area (Å²) in [6.45, 7) is 3.88. The third-order valence-electron chi connectivity index (χ3n) is 6.58. The molecule has 3 aromatic rings. The topological polar surface area (TPSA) is 75.0 Å². The zero-order valence-electron chi connectivity index (χ0n) is 19.8. The molecule has 2 aliphatic heterocycles. The van der Waals surface area contributed by atoms with Crippen molar-refractivity contribution in [3.05, 3.63) is 106 Å². The number of carbonyl (C=O) groups excluding carboxylic acids is 1. The monoisotopic (exact) mass is 493 g/mol. The maximum Gasteiger partial charge on any atom is 0.278 e. The molecule has 2 bridgehead atoms. The molecule has 0 fully saturated rings. The van der Waals surface area contributed by atoms with Crippen molar-refractivity contribution < 1.29 is 23.4 Å². The van der Waals surface area contributed by atoms with E-state index in [1.807, 2.05) is 44.2 Å². The fourth-order valence-electron chi connectivity index (χ4n) is 4.86. The molecule has 186 valence electrons.